The lowest BCUT2D eigenvalue weighted by Gasteiger charge is -2.23. The maximum atomic E-state index is 12.1. The Bertz CT molecular complexity index is 473. The van der Waals surface area contributed by atoms with E-state index in [1.54, 1.807) is 19.2 Å². The second kappa shape index (κ2) is 6.23. The van der Waals surface area contributed by atoms with Gasteiger partial charge in [0.25, 0.3) is 0 Å². The minimum absolute atomic E-state index is 0.139. The zero-order valence-electron chi connectivity index (χ0n) is 11.0. The minimum atomic E-state index is -0.338. The van der Waals surface area contributed by atoms with Gasteiger partial charge in [0.15, 0.2) is 0 Å². The quantitative estimate of drug-likeness (QED) is 0.885. The first-order valence-electron chi connectivity index (χ1n) is 6.08. The van der Waals surface area contributed by atoms with Gasteiger partial charge in [-0.05, 0) is 18.6 Å². The molecule has 1 unspecified atom stereocenters. The van der Waals surface area contributed by atoms with Crippen LogP contribution in [0.5, 0.6) is 5.75 Å². The molecule has 0 bridgehead atoms. The molecule has 0 saturated carbocycles. The number of aryl methyl sites for hydroxylation is 1. The van der Waals surface area contributed by atoms with Crippen LogP contribution in [0.3, 0.4) is 0 Å². The number of carbonyl (C=O) groups excluding carboxylic acids is 1. The third-order valence-electron chi connectivity index (χ3n) is 2.98. The molecule has 2 N–H and O–H groups in total. The van der Waals surface area contributed by atoms with E-state index in [0.717, 1.165) is 5.56 Å². The molecule has 0 radical (unpaired) electrons. The number of anilines is 1. The van der Waals surface area contributed by atoms with Crippen molar-refractivity contribution in [3.05, 3.63) is 22.7 Å². The van der Waals surface area contributed by atoms with Crippen molar-refractivity contribution in [3.8, 4) is 5.75 Å². The third kappa shape index (κ3) is 3.37. The minimum Gasteiger partial charge on any atom is -0.495 e. The Balaban J connectivity index is 2.13. The molecule has 1 aliphatic heterocycles. The van der Waals surface area contributed by atoms with Crippen LogP contribution in [-0.2, 0) is 9.53 Å². The van der Waals surface area contributed by atoms with Crippen molar-refractivity contribution >= 4 is 23.2 Å². The first-order chi connectivity index (χ1) is 9.11. The molecule has 1 heterocycles. The Labute approximate surface area is 117 Å². The van der Waals surface area contributed by atoms with Crippen molar-refractivity contribution in [3.63, 3.8) is 0 Å². The summed E-state index contributed by atoms with van der Waals surface area (Å²) in [6.45, 7) is 3.56. The SMILES string of the molecule is COc1cc(Cl)c(C)cc1NC(=O)C1COCCN1. The molecular formula is C13H17ClN2O3. The van der Waals surface area contributed by atoms with Gasteiger partial charge in [-0.15, -0.1) is 0 Å². The predicted molar refractivity (Wildman–Crippen MR) is 74.0 cm³/mol. The van der Waals surface area contributed by atoms with E-state index in [1.807, 2.05) is 6.92 Å². The van der Waals surface area contributed by atoms with E-state index < -0.39 is 0 Å². The van der Waals surface area contributed by atoms with Crippen molar-refractivity contribution in [1.82, 2.24) is 5.32 Å². The average Bonchev–Trinajstić information content (AvgIpc) is 2.43. The molecule has 1 fully saturated rings. The van der Waals surface area contributed by atoms with Crippen LogP contribution < -0.4 is 15.4 Å². The van der Waals surface area contributed by atoms with Crippen LogP contribution in [0.25, 0.3) is 0 Å². The lowest BCUT2D eigenvalue weighted by molar-refractivity contribution is -0.120. The summed E-state index contributed by atoms with van der Waals surface area (Å²) in [5.74, 6) is 0.403. The van der Waals surface area contributed by atoms with Gasteiger partial charge in [0.1, 0.15) is 11.8 Å². The average molecular weight is 285 g/mol. The number of carbonyl (C=O) groups is 1. The zero-order chi connectivity index (χ0) is 13.8. The van der Waals surface area contributed by atoms with Crippen LogP contribution in [-0.4, -0.2) is 38.8 Å². The summed E-state index contributed by atoms with van der Waals surface area (Å²) in [6.07, 6.45) is 0. The fourth-order valence-corrected chi connectivity index (χ4v) is 2.04. The first kappa shape index (κ1) is 14.1. The molecule has 2 rings (SSSR count). The van der Waals surface area contributed by atoms with Crippen LogP contribution in [0.1, 0.15) is 5.56 Å². The Morgan fingerprint density at radius 1 is 1.58 bits per heavy atom. The van der Waals surface area contributed by atoms with Crippen LogP contribution in [0.4, 0.5) is 5.69 Å². The van der Waals surface area contributed by atoms with Gasteiger partial charge in [-0.2, -0.15) is 0 Å². The highest BCUT2D eigenvalue weighted by Gasteiger charge is 2.22. The topological polar surface area (TPSA) is 59.6 Å². The summed E-state index contributed by atoms with van der Waals surface area (Å²) in [6, 6.07) is 3.15. The van der Waals surface area contributed by atoms with E-state index in [9.17, 15) is 4.79 Å². The Hall–Kier alpha value is -1.30. The van der Waals surface area contributed by atoms with E-state index >= 15 is 0 Å². The van der Waals surface area contributed by atoms with E-state index in [2.05, 4.69) is 10.6 Å². The number of methoxy groups -OCH3 is 1. The van der Waals surface area contributed by atoms with E-state index in [4.69, 9.17) is 21.1 Å². The summed E-state index contributed by atoms with van der Waals surface area (Å²) in [7, 11) is 1.54. The number of halogens is 1. The molecule has 5 nitrogen and oxygen atoms in total. The van der Waals surface area contributed by atoms with Crippen LogP contribution in [0.2, 0.25) is 5.02 Å². The van der Waals surface area contributed by atoms with Gasteiger partial charge in [0.2, 0.25) is 5.91 Å². The van der Waals surface area contributed by atoms with E-state index in [1.165, 1.54) is 0 Å². The van der Waals surface area contributed by atoms with Crippen molar-refractivity contribution in [1.29, 1.82) is 0 Å². The highest BCUT2D eigenvalue weighted by atomic mass is 35.5. The van der Waals surface area contributed by atoms with Gasteiger partial charge in [-0.3, -0.25) is 4.79 Å². The number of morpholine rings is 1. The lowest BCUT2D eigenvalue weighted by Crippen LogP contribution is -2.48. The highest BCUT2D eigenvalue weighted by molar-refractivity contribution is 6.31. The van der Waals surface area contributed by atoms with Crippen molar-refractivity contribution < 1.29 is 14.3 Å². The monoisotopic (exact) mass is 284 g/mol. The maximum Gasteiger partial charge on any atom is 0.244 e. The Morgan fingerprint density at radius 3 is 3.00 bits per heavy atom. The van der Waals surface area contributed by atoms with Gasteiger partial charge in [-0.25, -0.2) is 0 Å². The zero-order valence-corrected chi connectivity index (χ0v) is 11.7. The fraction of sp³-hybridized carbons (Fsp3) is 0.462. The number of benzene rings is 1. The molecule has 0 aliphatic carbocycles. The summed E-state index contributed by atoms with van der Waals surface area (Å²) in [4.78, 5) is 12.1. The summed E-state index contributed by atoms with van der Waals surface area (Å²) in [5, 5.41) is 6.54. The third-order valence-corrected chi connectivity index (χ3v) is 3.38. The molecule has 1 aromatic rings. The molecule has 1 aliphatic rings. The fourth-order valence-electron chi connectivity index (χ4n) is 1.88. The number of nitrogens with one attached hydrogen (secondary N) is 2. The second-order valence-electron chi connectivity index (χ2n) is 4.37. The number of hydrogen-bond donors (Lipinski definition) is 2. The van der Waals surface area contributed by atoms with Crippen LogP contribution in [0, 0.1) is 6.92 Å². The predicted octanol–water partition coefficient (Wildman–Crippen LogP) is 1.58. The van der Waals surface area contributed by atoms with Crippen LogP contribution >= 0.6 is 11.6 Å². The van der Waals surface area contributed by atoms with Crippen LogP contribution in [0.15, 0.2) is 12.1 Å². The summed E-state index contributed by atoms with van der Waals surface area (Å²) < 4.78 is 10.5. The number of rotatable bonds is 3. The van der Waals surface area contributed by atoms with E-state index in [0.29, 0.717) is 36.2 Å². The molecule has 1 saturated heterocycles. The molecule has 19 heavy (non-hydrogen) atoms. The normalized spacial score (nSPS) is 19.0. The molecule has 104 valence electrons. The second-order valence-corrected chi connectivity index (χ2v) is 4.78. The molecule has 0 spiro atoms. The molecule has 0 aromatic heterocycles. The molecule has 1 aromatic carbocycles. The van der Waals surface area contributed by atoms with E-state index in [-0.39, 0.29) is 11.9 Å². The van der Waals surface area contributed by atoms with Gasteiger partial charge >= 0.3 is 0 Å². The number of amides is 1. The van der Waals surface area contributed by atoms with Gasteiger partial charge in [0.05, 0.1) is 26.0 Å². The molecule has 1 atom stereocenters. The van der Waals surface area contributed by atoms with Gasteiger partial charge < -0.3 is 20.1 Å². The van der Waals surface area contributed by atoms with Gasteiger partial charge in [0, 0.05) is 17.6 Å². The molecule has 1 amide bonds. The molecule has 6 heteroatoms. The summed E-state index contributed by atoms with van der Waals surface area (Å²) >= 11 is 6.02. The Morgan fingerprint density at radius 2 is 2.37 bits per heavy atom. The lowest BCUT2D eigenvalue weighted by atomic mass is 10.2. The first-order valence-corrected chi connectivity index (χ1v) is 6.45. The summed E-state index contributed by atoms with van der Waals surface area (Å²) in [5.41, 5.74) is 1.49. The standard InChI is InChI=1S/C13H17ClN2O3/c1-8-5-10(12(18-2)6-9(8)14)16-13(17)11-7-19-4-3-15-11/h5-6,11,15H,3-4,7H2,1-2H3,(H,16,17). The number of hydrogen-bond acceptors (Lipinski definition) is 4. The number of ether oxygens (including phenoxy) is 2. The van der Waals surface area contributed by atoms with Crippen molar-refractivity contribution in [2.45, 2.75) is 13.0 Å². The maximum absolute atomic E-state index is 12.1. The largest absolute Gasteiger partial charge is 0.495 e. The van der Waals surface area contributed by atoms with Gasteiger partial charge in [-0.1, -0.05) is 11.6 Å². The van der Waals surface area contributed by atoms with Crippen molar-refractivity contribution in [2.24, 2.45) is 0 Å². The Kier molecular flexibility index (Phi) is 4.63. The smallest absolute Gasteiger partial charge is 0.244 e. The molecular weight excluding hydrogens is 268 g/mol. The highest BCUT2D eigenvalue weighted by Crippen LogP contribution is 2.31. The van der Waals surface area contributed by atoms with Crippen molar-refractivity contribution in [2.75, 3.05) is 32.2 Å².